The van der Waals surface area contributed by atoms with Crippen LogP contribution in [-0.2, 0) is 0 Å². The molecule has 0 nitrogen and oxygen atoms in total. The summed E-state index contributed by atoms with van der Waals surface area (Å²) < 4.78 is 0. The topological polar surface area (TPSA) is 0 Å². The molecule has 0 aliphatic heterocycles. The molecule has 0 aliphatic rings. The van der Waals surface area contributed by atoms with Gasteiger partial charge in [0.15, 0.2) is 0 Å². The van der Waals surface area contributed by atoms with Crippen LogP contribution >= 0.6 is 0 Å². The van der Waals surface area contributed by atoms with E-state index in [-0.39, 0.29) is 22.3 Å². The third kappa shape index (κ3) is 45.0. The first-order chi connectivity index (χ1) is 8.42. The maximum absolute atomic E-state index is 2.28. The second kappa shape index (κ2) is 32.1. The van der Waals surface area contributed by atoms with Crippen LogP contribution in [0.15, 0.2) is 0 Å². The maximum atomic E-state index is 2.28. The lowest BCUT2D eigenvalue weighted by molar-refractivity contribution is 0.544. The Morgan fingerprint density at radius 3 is 0.476 bits per heavy atom. The predicted octanol–water partition coefficient (Wildman–Crippen LogP) is 9.24. The van der Waals surface area contributed by atoms with Gasteiger partial charge in [0.2, 0.25) is 0 Å². The van der Waals surface area contributed by atoms with Gasteiger partial charge < -0.3 is 0 Å². The standard InChI is InChI=1S/3C6H14.3CH4/c3*1-4-6(3)5-2;;;/h3*6H,4-5H2,1-3H3;3*1H4. The average molecular weight is 307 g/mol. The summed E-state index contributed by atoms with van der Waals surface area (Å²) in [4.78, 5) is 0. The van der Waals surface area contributed by atoms with Crippen LogP contribution in [0.4, 0.5) is 0 Å². The van der Waals surface area contributed by atoms with Crippen molar-refractivity contribution in [3.05, 3.63) is 0 Å². The summed E-state index contributed by atoms with van der Waals surface area (Å²) in [5.41, 5.74) is 0. The summed E-state index contributed by atoms with van der Waals surface area (Å²) in [7, 11) is 0. The highest BCUT2D eigenvalue weighted by Gasteiger charge is 1.89. The van der Waals surface area contributed by atoms with Gasteiger partial charge in [0.1, 0.15) is 0 Å². The second-order valence-corrected chi connectivity index (χ2v) is 5.77. The van der Waals surface area contributed by atoms with Crippen LogP contribution in [0, 0.1) is 17.8 Å². The van der Waals surface area contributed by atoms with E-state index in [4.69, 9.17) is 0 Å². The molecule has 0 saturated carbocycles. The summed E-state index contributed by atoms with van der Waals surface area (Å²) in [5, 5.41) is 0. The van der Waals surface area contributed by atoms with E-state index in [1.807, 2.05) is 0 Å². The molecule has 0 N–H and O–H groups in total. The van der Waals surface area contributed by atoms with Crippen LogP contribution in [-0.4, -0.2) is 0 Å². The Hall–Kier alpha value is 0. The molecule has 0 radical (unpaired) electrons. The SMILES string of the molecule is C.C.C.CCC(C)CC.CCC(C)CC.CCC(C)CC. The Balaban J connectivity index is -0.0000000375. The lowest BCUT2D eigenvalue weighted by Crippen LogP contribution is -1.85. The highest BCUT2D eigenvalue weighted by Crippen LogP contribution is 2.03. The van der Waals surface area contributed by atoms with Crippen LogP contribution in [0.25, 0.3) is 0 Å². The second-order valence-electron chi connectivity index (χ2n) is 5.77. The molecule has 0 spiro atoms. The first kappa shape index (κ1) is 37.3. The Morgan fingerprint density at radius 2 is 0.476 bits per heavy atom. The van der Waals surface area contributed by atoms with Crippen molar-refractivity contribution in [2.45, 2.75) is 123 Å². The first-order valence-electron chi connectivity index (χ1n) is 8.42. The highest BCUT2D eigenvalue weighted by molar-refractivity contribution is 4.42. The van der Waals surface area contributed by atoms with E-state index < -0.39 is 0 Å². The lowest BCUT2D eigenvalue weighted by Gasteiger charge is -1.98. The van der Waals surface area contributed by atoms with Gasteiger partial charge in [-0.2, -0.15) is 0 Å². The Kier molecular flexibility index (Phi) is 57.0. The summed E-state index contributed by atoms with van der Waals surface area (Å²) in [6.07, 6.45) is 7.98. The fourth-order valence-electron chi connectivity index (χ4n) is 0.866. The molecule has 0 rings (SSSR count). The Labute approximate surface area is 141 Å². The molecule has 0 saturated heterocycles. The van der Waals surface area contributed by atoms with Crippen molar-refractivity contribution < 1.29 is 0 Å². The van der Waals surface area contributed by atoms with Gasteiger partial charge in [0, 0.05) is 0 Å². The van der Waals surface area contributed by atoms with Crippen LogP contribution in [0.5, 0.6) is 0 Å². The predicted molar refractivity (Wildman–Crippen MR) is 109 cm³/mol. The fraction of sp³-hybridized carbons (Fsp3) is 1.00. The smallest absolute Gasteiger partial charge is 0.0448 e. The molecular formula is C21H54. The molecule has 0 aromatic heterocycles. The van der Waals surface area contributed by atoms with Gasteiger partial charge in [-0.3, -0.25) is 0 Å². The lowest BCUT2D eigenvalue weighted by atomic mass is 10.1. The summed E-state index contributed by atoms with van der Waals surface area (Å²) in [6, 6.07) is 0. The van der Waals surface area contributed by atoms with Crippen molar-refractivity contribution in [3.63, 3.8) is 0 Å². The maximum Gasteiger partial charge on any atom is -0.0448 e. The summed E-state index contributed by atoms with van der Waals surface area (Å²) in [6.45, 7) is 20.2. The van der Waals surface area contributed by atoms with E-state index in [9.17, 15) is 0 Å². The van der Waals surface area contributed by atoms with Crippen molar-refractivity contribution in [3.8, 4) is 0 Å². The van der Waals surface area contributed by atoms with E-state index in [2.05, 4.69) is 62.3 Å². The van der Waals surface area contributed by atoms with Gasteiger partial charge in [-0.25, -0.2) is 0 Å². The van der Waals surface area contributed by atoms with E-state index in [0.29, 0.717) is 0 Å². The molecule has 0 heteroatoms. The fourth-order valence-corrected chi connectivity index (χ4v) is 0.866. The van der Waals surface area contributed by atoms with E-state index in [1.54, 1.807) is 0 Å². The molecule has 0 atom stereocenters. The molecule has 0 heterocycles. The number of rotatable bonds is 6. The van der Waals surface area contributed by atoms with Crippen LogP contribution in [0.2, 0.25) is 0 Å². The molecule has 138 valence electrons. The molecule has 0 amide bonds. The number of hydrogen-bond donors (Lipinski definition) is 0. The molecule has 0 fully saturated rings. The molecule has 0 aliphatic carbocycles. The van der Waals surface area contributed by atoms with Gasteiger partial charge in [-0.15, -0.1) is 0 Å². The largest absolute Gasteiger partial charge is 0.0776 e. The van der Waals surface area contributed by atoms with Crippen molar-refractivity contribution >= 4 is 0 Å². The number of hydrogen-bond acceptors (Lipinski definition) is 0. The van der Waals surface area contributed by atoms with Gasteiger partial charge in [0.05, 0.1) is 0 Å². The third-order valence-electron chi connectivity index (χ3n) is 4.18. The highest BCUT2D eigenvalue weighted by atomic mass is 14.0. The average Bonchev–Trinajstić information content (AvgIpc) is 2.45. The van der Waals surface area contributed by atoms with Gasteiger partial charge in [-0.1, -0.05) is 123 Å². The monoisotopic (exact) mass is 306 g/mol. The molecular weight excluding hydrogens is 252 g/mol. The quantitative estimate of drug-likeness (QED) is 0.458. The van der Waals surface area contributed by atoms with E-state index >= 15 is 0 Å². The Morgan fingerprint density at radius 1 is 0.381 bits per heavy atom. The summed E-state index contributed by atoms with van der Waals surface area (Å²) in [5.74, 6) is 2.81. The van der Waals surface area contributed by atoms with Gasteiger partial charge in [0.25, 0.3) is 0 Å². The van der Waals surface area contributed by atoms with Gasteiger partial charge >= 0.3 is 0 Å². The minimum atomic E-state index is 0. The molecule has 0 bridgehead atoms. The third-order valence-corrected chi connectivity index (χ3v) is 4.18. The van der Waals surface area contributed by atoms with Crippen molar-refractivity contribution in [1.82, 2.24) is 0 Å². The van der Waals surface area contributed by atoms with Gasteiger partial charge in [-0.05, 0) is 17.8 Å². The van der Waals surface area contributed by atoms with Crippen molar-refractivity contribution in [2.75, 3.05) is 0 Å². The van der Waals surface area contributed by atoms with Crippen LogP contribution < -0.4 is 0 Å². The molecule has 0 aromatic rings. The van der Waals surface area contributed by atoms with Crippen molar-refractivity contribution in [2.24, 2.45) is 17.8 Å². The van der Waals surface area contributed by atoms with E-state index in [0.717, 1.165) is 17.8 Å². The molecule has 0 unspecified atom stereocenters. The van der Waals surface area contributed by atoms with Crippen molar-refractivity contribution in [1.29, 1.82) is 0 Å². The molecule has 21 heavy (non-hydrogen) atoms. The van der Waals surface area contributed by atoms with Crippen LogP contribution in [0.3, 0.4) is 0 Å². The minimum absolute atomic E-state index is 0. The molecule has 0 aromatic carbocycles. The summed E-state index contributed by atoms with van der Waals surface area (Å²) >= 11 is 0. The zero-order chi connectivity index (χ0) is 15.0. The Bertz CT molecular complexity index is 81.4. The van der Waals surface area contributed by atoms with E-state index in [1.165, 1.54) is 38.5 Å². The minimum Gasteiger partial charge on any atom is -0.0776 e. The first-order valence-corrected chi connectivity index (χ1v) is 8.42. The normalized spacial score (nSPS) is 8.57. The van der Waals surface area contributed by atoms with Crippen LogP contribution in [0.1, 0.15) is 123 Å². The zero-order valence-electron chi connectivity index (χ0n) is 15.0. The zero-order valence-corrected chi connectivity index (χ0v) is 15.0.